The maximum absolute atomic E-state index is 12.1. The summed E-state index contributed by atoms with van der Waals surface area (Å²) in [5.41, 5.74) is 0.291. The predicted molar refractivity (Wildman–Crippen MR) is 186 cm³/mol. The van der Waals surface area contributed by atoms with Crippen LogP contribution in [0.15, 0.2) is 111 Å². The first kappa shape index (κ1) is 39.1. The number of esters is 2. The number of pyridine rings is 1. The molecule has 0 N–H and O–H groups in total. The number of hydrogen-bond acceptors (Lipinski definition) is 10. The van der Waals surface area contributed by atoms with Crippen molar-refractivity contribution in [2.24, 2.45) is 0 Å². The van der Waals surface area contributed by atoms with Gasteiger partial charge in [0.25, 0.3) is 5.03 Å². The maximum atomic E-state index is 12.1. The van der Waals surface area contributed by atoms with Crippen LogP contribution < -0.4 is 9.47 Å². The molecule has 0 spiro atoms. The van der Waals surface area contributed by atoms with E-state index in [4.69, 9.17) is 18.9 Å². The molecule has 0 fully saturated rings. The topological polar surface area (TPSA) is 141 Å². The van der Waals surface area contributed by atoms with E-state index in [-0.39, 0.29) is 18.1 Å². The van der Waals surface area contributed by atoms with Crippen molar-refractivity contribution in [3.8, 4) is 11.5 Å². The second-order valence-electron chi connectivity index (χ2n) is 12.9. The lowest BCUT2D eigenvalue weighted by Crippen LogP contribution is -2.27. The van der Waals surface area contributed by atoms with Gasteiger partial charge in [-0.3, -0.25) is 0 Å². The van der Waals surface area contributed by atoms with Gasteiger partial charge in [-0.15, -0.1) is 0 Å². The number of carbonyl (C=O) groups excluding carboxylic acids is 2. The van der Waals surface area contributed by atoms with E-state index in [1.54, 1.807) is 37.4 Å². The van der Waals surface area contributed by atoms with Gasteiger partial charge in [0.15, 0.2) is 23.0 Å². The second-order valence-corrected chi connectivity index (χ2v) is 16.2. The molecule has 4 rings (SSSR count). The molecular weight excluding hydrogens is 667 g/mol. The van der Waals surface area contributed by atoms with Crippen molar-refractivity contribution in [1.82, 2.24) is 4.98 Å². The average molecular weight is 710 g/mol. The van der Waals surface area contributed by atoms with Crippen LogP contribution in [0.3, 0.4) is 0 Å². The third-order valence-corrected chi connectivity index (χ3v) is 9.19. The molecule has 262 valence electrons. The van der Waals surface area contributed by atoms with E-state index < -0.39 is 44.2 Å². The number of rotatable bonds is 10. The molecule has 10 nitrogen and oxygen atoms in total. The minimum atomic E-state index is -4.30. The highest BCUT2D eigenvalue weighted by Crippen LogP contribution is 2.33. The summed E-state index contributed by atoms with van der Waals surface area (Å²) in [6, 6.07) is 25.5. The van der Waals surface area contributed by atoms with Crippen LogP contribution in [0.2, 0.25) is 0 Å². The van der Waals surface area contributed by atoms with E-state index in [9.17, 15) is 22.6 Å². The Morgan fingerprint density at radius 1 is 0.714 bits per heavy atom. The van der Waals surface area contributed by atoms with E-state index in [0.717, 1.165) is 20.4 Å². The number of carbonyl (C=O) groups is 2. The van der Waals surface area contributed by atoms with Gasteiger partial charge in [-0.05, 0) is 97.4 Å². The molecule has 0 aliphatic carbocycles. The second kappa shape index (κ2) is 16.8. The molecular formula is C37H43NO9S2. The highest BCUT2D eigenvalue weighted by Gasteiger charge is 2.31. The lowest BCUT2D eigenvalue weighted by atomic mass is 10.2. The number of ether oxygens (including phenoxy) is 4. The Balaban J connectivity index is 0.000000456. The van der Waals surface area contributed by atoms with Crippen LogP contribution >= 0.6 is 0 Å². The number of hydrogen-bond donors (Lipinski definition) is 0. The normalized spacial score (nSPS) is 11.6. The van der Waals surface area contributed by atoms with Gasteiger partial charge in [-0.2, -0.15) is 0 Å². The molecule has 0 bridgehead atoms. The van der Waals surface area contributed by atoms with Crippen molar-refractivity contribution in [3.63, 3.8) is 0 Å². The van der Waals surface area contributed by atoms with E-state index in [1.807, 2.05) is 103 Å². The largest absolute Gasteiger partial charge is 0.744 e. The predicted octanol–water partition coefficient (Wildman–Crippen LogP) is 6.83. The van der Waals surface area contributed by atoms with Crippen LogP contribution in [-0.2, 0) is 40.1 Å². The van der Waals surface area contributed by atoms with Crippen molar-refractivity contribution >= 4 is 33.0 Å². The smallest absolute Gasteiger partial charge is 0.344 e. The Hall–Kier alpha value is -4.39. The number of aryl methyl sites for hydroxylation is 2. The fourth-order valence-electron chi connectivity index (χ4n) is 4.33. The summed E-state index contributed by atoms with van der Waals surface area (Å²) in [6.07, 6.45) is 1.75. The van der Waals surface area contributed by atoms with Crippen molar-refractivity contribution < 1.29 is 41.5 Å². The SMILES string of the molecule is CC(C)(C)OC(=O)COc1cccc([S+](c2cccc(OCC(=O)OC(C)(C)C)c2)c2ccccn2)c1.Cc1ccc(S(=O)(=O)[O-])c(C)c1. The summed E-state index contributed by atoms with van der Waals surface area (Å²) >= 11 is 0. The van der Waals surface area contributed by atoms with Crippen LogP contribution in [0.25, 0.3) is 0 Å². The first-order chi connectivity index (χ1) is 22.8. The number of benzene rings is 3. The zero-order chi connectivity index (χ0) is 36.4. The molecule has 0 aliphatic heterocycles. The van der Waals surface area contributed by atoms with E-state index in [0.29, 0.717) is 17.1 Å². The monoisotopic (exact) mass is 709 g/mol. The summed E-state index contributed by atoms with van der Waals surface area (Å²) in [7, 11) is -4.90. The highest BCUT2D eigenvalue weighted by molar-refractivity contribution is 7.97. The Bertz CT molecular complexity index is 1760. The molecule has 0 unspecified atom stereocenters. The minimum Gasteiger partial charge on any atom is -0.744 e. The zero-order valence-corrected chi connectivity index (χ0v) is 30.6. The Morgan fingerprint density at radius 3 is 1.63 bits per heavy atom. The summed E-state index contributed by atoms with van der Waals surface area (Å²) in [6.45, 7) is 14.0. The molecule has 3 aromatic carbocycles. The van der Waals surface area contributed by atoms with E-state index in [1.165, 1.54) is 6.07 Å². The van der Waals surface area contributed by atoms with E-state index >= 15 is 0 Å². The summed E-state index contributed by atoms with van der Waals surface area (Å²) in [5.74, 6) is 0.233. The molecule has 0 amide bonds. The standard InChI is InChI=1S/C29H34NO6S.C8H10O3S/c1-28(2,3)35-26(31)19-33-21-11-9-13-23(17-21)37(25-15-7-8-16-30-25)24-14-10-12-22(18-24)34-20-27(32)36-29(4,5)6;1-6-3-4-8(7(2)5-6)12(9,10)11/h7-18H,19-20H2,1-6H3;3-5H,1-2H3,(H,9,10,11)/q+1;/p-1. The summed E-state index contributed by atoms with van der Waals surface area (Å²) in [4.78, 5) is 30.6. The fraction of sp³-hybridized carbons (Fsp3) is 0.324. The van der Waals surface area contributed by atoms with Crippen LogP contribution in [0.4, 0.5) is 0 Å². The number of aromatic nitrogens is 1. The third-order valence-electron chi connectivity index (χ3n) is 6.08. The van der Waals surface area contributed by atoms with Gasteiger partial charge in [-0.25, -0.2) is 23.0 Å². The van der Waals surface area contributed by atoms with Gasteiger partial charge in [0.2, 0.25) is 0 Å². The van der Waals surface area contributed by atoms with E-state index in [2.05, 4.69) is 4.98 Å². The molecule has 12 heteroatoms. The van der Waals surface area contributed by atoms with Gasteiger partial charge in [0, 0.05) is 24.4 Å². The molecule has 0 aliphatic rings. The van der Waals surface area contributed by atoms with Crippen molar-refractivity contribution in [3.05, 3.63) is 102 Å². The van der Waals surface area contributed by atoms with Gasteiger partial charge in [0.1, 0.15) is 43.7 Å². The van der Waals surface area contributed by atoms with Gasteiger partial charge in [-0.1, -0.05) is 35.9 Å². The third kappa shape index (κ3) is 13.6. The first-order valence-corrected chi connectivity index (χ1v) is 18.0. The van der Waals surface area contributed by atoms with Gasteiger partial charge in [0.05, 0.1) is 4.90 Å². The summed E-state index contributed by atoms with van der Waals surface area (Å²) in [5, 5.41) is 0.857. The molecule has 0 saturated carbocycles. The Morgan fingerprint density at radius 2 is 1.22 bits per heavy atom. The van der Waals surface area contributed by atoms with Crippen LogP contribution in [0.5, 0.6) is 11.5 Å². The van der Waals surface area contributed by atoms with Crippen molar-refractivity contribution in [2.45, 2.75) is 86.3 Å². The van der Waals surface area contributed by atoms with Crippen molar-refractivity contribution in [2.75, 3.05) is 13.2 Å². The molecule has 0 radical (unpaired) electrons. The Labute approximate surface area is 291 Å². The zero-order valence-electron chi connectivity index (χ0n) is 29.0. The fourth-order valence-corrected chi connectivity index (χ4v) is 7.05. The number of nitrogens with zero attached hydrogens (tertiary/aromatic N) is 1. The molecule has 1 heterocycles. The summed E-state index contributed by atoms with van der Waals surface area (Å²) < 4.78 is 54.0. The maximum Gasteiger partial charge on any atom is 0.344 e. The molecule has 1 aromatic heterocycles. The first-order valence-electron chi connectivity index (χ1n) is 15.4. The van der Waals surface area contributed by atoms with Crippen molar-refractivity contribution in [1.29, 1.82) is 0 Å². The quantitative estimate of drug-likeness (QED) is 0.0978. The molecule has 0 atom stereocenters. The molecule has 4 aromatic rings. The lowest BCUT2D eigenvalue weighted by Gasteiger charge is -2.19. The average Bonchev–Trinajstić information content (AvgIpc) is 2.98. The molecule has 49 heavy (non-hydrogen) atoms. The lowest BCUT2D eigenvalue weighted by molar-refractivity contribution is -0.158. The van der Waals surface area contributed by atoms with Gasteiger partial charge >= 0.3 is 11.9 Å². The molecule has 0 saturated heterocycles. The van der Waals surface area contributed by atoms with Crippen LogP contribution in [0.1, 0.15) is 52.7 Å². The highest BCUT2D eigenvalue weighted by atomic mass is 32.2. The van der Waals surface area contributed by atoms with Crippen LogP contribution in [-0.4, -0.2) is 54.3 Å². The van der Waals surface area contributed by atoms with Crippen LogP contribution in [0, 0.1) is 13.8 Å². The minimum absolute atomic E-state index is 0.131. The Kier molecular flexibility index (Phi) is 13.4. The van der Waals surface area contributed by atoms with Gasteiger partial charge < -0.3 is 23.5 Å².